The number of amides is 1. The number of rotatable bonds is 3. The molecule has 0 radical (unpaired) electrons. The van der Waals surface area contributed by atoms with E-state index in [0.29, 0.717) is 0 Å². The minimum atomic E-state index is 0.0948. The Hall–Kier alpha value is -1.31. The van der Waals surface area contributed by atoms with Crippen LogP contribution < -0.4 is 5.32 Å². The quantitative estimate of drug-likeness (QED) is 0.704. The maximum atomic E-state index is 10.3. The maximum absolute atomic E-state index is 10.3. The lowest BCUT2D eigenvalue weighted by molar-refractivity contribution is -0.110. The van der Waals surface area contributed by atoms with E-state index >= 15 is 0 Å². The summed E-state index contributed by atoms with van der Waals surface area (Å²) >= 11 is 0. The van der Waals surface area contributed by atoms with Crippen molar-refractivity contribution in [2.45, 2.75) is 26.8 Å². The van der Waals surface area contributed by atoms with E-state index in [1.54, 1.807) is 0 Å². The number of carbonyl (C=O) groups is 1. The van der Waals surface area contributed by atoms with Crippen molar-refractivity contribution in [1.82, 2.24) is 5.32 Å². The van der Waals surface area contributed by atoms with Gasteiger partial charge in [0.1, 0.15) is 0 Å². The van der Waals surface area contributed by atoms with Gasteiger partial charge in [-0.15, -0.1) is 0 Å². The Labute approximate surface area is 79.0 Å². The molecular weight excluding hydrogens is 162 g/mol. The fourth-order valence-corrected chi connectivity index (χ4v) is 1.42. The Bertz CT molecular complexity index is 307. The van der Waals surface area contributed by atoms with E-state index in [2.05, 4.69) is 37.4 Å². The molecule has 0 saturated heterocycles. The van der Waals surface area contributed by atoms with E-state index in [-0.39, 0.29) is 6.04 Å². The highest BCUT2D eigenvalue weighted by Crippen LogP contribution is 2.17. The van der Waals surface area contributed by atoms with Crippen LogP contribution in [0.25, 0.3) is 0 Å². The molecule has 70 valence electrons. The zero-order valence-corrected chi connectivity index (χ0v) is 8.29. The summed E-state index contributed by atoms with van der Waals surface area (Å²) < 4.78 is 0. The van der Waals surface area contributed by atoms with Crippen molar-refractivity contribution in [1.29, 1.82) is 0 Å². The third-order valence-corrected chi connectivity index (χ3v) is 2.22. The summed E-state index contributed by atoms with van der Waals surface area (Å²) in [6.45, 7) is 6.09. The van der Waals surface area contributed by atoms with Gasteiger partial charge in [0.15, 0.2) is 0 Å². The molecule has 0 bridgehead atoms. The van der Waals surface area contributed by atoms with Crippen molar-refractivity contribution >= 4 is 6.41 Å². The predicted molar refractivity (Wildman–Crippen MR) is 53.5 cm³/mol. The van der Waals surface area contributed by atoms with Gasteiger partial charge in [0.05, 0.1) is 6.04 Å². The largest absolute Gasteiger partial charge is 0.352 e. The maximum Gasteiger partial charge on any atom is 0.207 e. The number of benzene rings is 1. The SMILES string of the molecule is Cc1ccc(C)c(C(C)NC=O)c1. The molecule has 2 nitrogen and oxygen atoms in total. The topological polar surface area (TPSA) is 29.1 Å². The van der Waals surface area contributed by atoms with E-state index in [4.69, 9.17) is 0 Å². The van der Waals surface area contributed by atoms with Gasteiger partial charge >= 0.3 is 0 Å². The lowest BCUT2D eigenvalue weighted by Crippen LogP contribution is -2.17. The van der Waals surface area contributed by atoms with Gasteiger partial charge < -0.3 is 5.32 Å². The molecule has 0 heterocycles. The van der Waals surface area contributed by atoms with Gasteiger partial charge in [0.25, 0.3) is 0 Å². The first-order valence-corrected chi connectivity index (χ1v) is 4.42. The van der Waals surface area contributed by atoms with Gasteiger partial charge in [-0.25, -0.2) is 0 Å². The van der Waals surface area contributed by atoms with Crippen LogP contribution in [0.5, 0.6) is 0 Å². The van der Waals surface area contributed by atoms with Crippen LogP contribution in [0.2, 0.25) is 0 Å². The second-order valence-corrected chi connectivity index (χ2v) is 3.37. The van der Waals surface area contributed by atoms with Gasteiger partial charge in [-0.05, 0) is 31.9 Å². The van der Waals surface area contributed by atoms with Crippen molar-refractivity contribution in [3.8, 4) is 0 Å². The molecule has 1 aromatic carbocycles. The highest BCUT2D eigenvalue weighted by Gasteiger charge is 2.06. The molecule has 0 aromatic heterocycles. The van der Waals surface area contributed by atoms with Gasteiger partial charge in [0.2, 0.25) is 6.41 Å². The monoisotopic (exact) mass is 177 g/mol. The van der Waals surface area contributed by atoms with Crippen molar-refractivity contribution in [2.75, 3.05) is 0 Å². The fourth-order valence-electron chi connectivity index (χ4n) is 1.42. The number of aryl methyl sites for hydroxylation is 2. The van der Waals surface area contributed by atoms with E-state index < -0.39 is 0 Å². The van der Waals surface area contributed by atoms with Crippen LogP contribution in [0.15, 0.2) is 18.2 Å². The van der Waals surface area contributed by atoms with E-state index in [0.717, 1.165) is 6.41 Å². The summed E-state index contributed by atoms with van der Waals surface area (Å²) in [5, 5.41) is 2.75. The van der Waals surface area contributed by atoms with Crippen LogP contribution in [0.3, 0.4) is 0 Å². The van der Waals surface area contributed by atoms with Gasteiger partial charge in [-0.3, -0.25) is 4.79 Å². The Morgan fingerprint density at radius 1 is 1.38 bits per heavy atom. The van der Waals surface area contributed by atoms with Crippen LogP contribution in [-0.4, -0.2) is 6.41 Å². The predicted octanol–water partition coefficient (Wildman–Crippen LogP) is 2.11. The molecule has 2 heteroatoms. The summed E-state index contributed by atoms with van der Waals surface area (Å²) in [6, 6.07) is 6.36. The van der Waals surface area contributed by atoms with Crippen molar-refractivity contribution < 1.29 is 4.79 Å². The molecular formula is C11H15NO. The zero-order chi connectivity index (χ0) is 9.84. The molecule has 1 aromatic rings. The number of hydrogen-bond donors (Lipinski definition) is 1. The third-order valence-electron chi connectivity index (χ3n) is 2.22. The van der Waals surface area contributed by atoms with E-state index in [1.165, 1.54) is 16.7 Å². The van der Waals surface area contributed by atoms with Crippen LogP contribution >= 0.6 is 0 Å². The zero-order valence-electron chi connectivity index (χ0n) is 8.29. The summed E-state index contributed by atoms with van der Waals surface area (Å²) in [6.07, 6.45) is 0.742. The summed E-state index contributed by atoms with van der Waals surface area (Å²) in [7, 11) is 0. The first kappa shape index (κ1) is 9.78. The van der Waals surface area contributed by atoms with Crippen LogP contribution in [0.1, 0.15) is 29.7 Å². The Morgan fingerprint density at radius 3 is 2.69 bits per heavy atom. The molecule has 0 spiro atoms. The normalized spacial score (nSPS) is 12.2. The Morgan fingerprint density at radius 2 is 2.08 bits per heavy atom. The average Bonchev–Trinajstić information content (AvgIpc) is 2.09. The third kappa shape index (κ3) is 2.31. The molecule has 0 aliphatic rings. The number of nitrogens with one attached hydrogen (secondary N) is 1. The van der Waals surface area contributed by atoms with Crippen molar-refractivity contribution in [3.63, 3.8) is 0 Å². The van der Waals surface area contributed by atoms with Crippen molar-refractivity contribution in [3.05, 3.63) is 34.9 Å². The second-order valence-electron chi connectivity index (χ2n) is 3.37. The Balaban J connectivity index is 2.97. The van der Waals surface area contributed by atoms with Crippen LogP contribution in [0.4, 0.5) is 0 Å². The summed E-state index contributed by atoms with van der Waals surface area (Å²) in [5.41, 5.74) is 3.62. The minimum Gasteiger partial charge on any atom is -0.352 e. The standard InChI is InChI=1S/C11H15NO/c1-8-4-5-9(2)11(6-8)10(3)12-7-13/h4-7,10H,1-3H3,(H,12,13). The highest BCUT2D eigenvalue weighted by molar-refractivity contribution is 5.48. The fraction of sp³-hybridized carbons (Fsp3) is 0.364. The number of carbonyl (C=O) groups excluding carboxylic acids is 1. The minimum absolute atomic E-state index is 0.0948. The molecule has 0 aliphatic heterocycles. The highest BCUT2D eigenvalue weighted by atomic mass is 16.1. The van der Waals surface area contributed by atoms with E-state index in [1.807, 2.05) is 6.92 Å². The first-order chi connectivity index (χ1) is 6.15. The molecule has 1 atom stereocenters. The molecule has 0 fully saturated rings. The second kappa shape index (κ2) is 4.08. The molecule has 0 saturated carbocycles. The van der Waals surface area contributed by atoms with E-state index in [9.17, 15) is 4.79 Å². The van der Waals surface area contributed by atoms with Crippen LogP contribution in [0, 0.1) is 13.8 Å². The van der Waals surface area contributed by atoms with Gasteiger partial charge in [-0.2, -0.15) is 0 Å². The lowest BCUT2D eigenvalue weighted by atomic mass is 10.0. The molecule has 13 heavy (non-hydrogen) atoms. The average molecular weight is 177 g/mol. The summed E-state index contributed by atoms with van der Waals surface area (Å²) in [4.78, 5) is 10.3. The molecule has 1 N–H and O–H groups in total. The molecule has 1 unspecified atom stereocenters. The molecule has 1 rings (SSSR count). The molecule has 1 amide bonds. The van der Waals surface area contributed by atoms with Gasteiger partial charge in [-0.1, -0.05) is 23.8 Å². The van der Waals surface area contributed by atoms with Crippen LogP contribution in [-0.2, 0) is 4.79 Å². The first-order valence-electron chi connectivity index (χ1n) is 4.42. The van der Waals surface area contributed by atoms with Crippen molar-refractivity contribution in [2.24, 2.45) is 0 Å². The smallest absolute Gasteiger partial charge is 0.207 e. The molecule has 0 aliphatic carbocycles. The number of hydrogen-bond acceptors (Lipinski definition) is 1. The lowest BCUT2D eigenvalue weighted by Gasteiger charge is -2.14. The Kier molecular flexibility index (Phi) is 3.07. The van der Waals surface area contributed by atoms with Gasteiger partial charge in [0, 0.05) is 0 Å². The summed E-state index contributed by atoms with van der Waals surface area (Å²) in [5.74, 6) is 0.